The second-order valence-corrected chi connectivity index (χ2v) is 3.76. The van der Waals surface area contributed by atoms with E-state index in [-0.39, 0.29) is 6.10 Å². The van der Waals surface area contributed by atoms with E-state index in [1.165, 1.54) is 4.90 Å². The van der Waals surface area contributed by atoms with Crippen LogP contribution in [0.5, 0.6) is 5.75 Å². The standard InChI is InChI=1S/C11H14N2O3/c1-2-8-6-13(11(14)15)7-9-10(16-8)4-3-5-12-9/h3-5,8H,2,6-7H2,1H3,(H,14,15). The van der Waals surface area contributed by atoms with Gasteiger partial charge in [-0.3, -0.25) is 9.88 Å². The van der Waals surface area contributed by atoms with Gasteiger partial charge in [-0.05, 0) is 18.6 Å². The minimum atomic E-state index is -0.930. The van der Waals surface area contributed by atoms with Gasteiger partial charge in [0.25, 0.3) is 0 Å². The fourth-order valence-corrected chi connectivity index (χ4v) is 1.72. The molecular weight excluding hydrogens is 208 g/mol. The highest BCUT2D eigenvalue weighted by Crippen LogP contribution is 2.23. The summed E-state index contributed by atoms with van der Waals surface area (Å²) in [7, 11) is 0. The summed E-state index contributed by atoms with van der Waals surface area (Å²) in [6.07, 6.45) is 1.40. The number of hydrogen-bond donors (Lipinski definition) is 1. The average Bonchev–Trinajstić information content (AvgIpc) is 2.47. The predicted molar refractivity (Wildman–Crippen MR) is 57.4 cm³/mol. The van der Waals surface area contributed by atoms with Gasteiger partial charge in [0.2, 0.25) is 0 Å². The summed E-state index contributed by atoms with van der Waals surface area (Å²) in [6.45, 7) is 2.66. The Morgan fingerprint density at radius 2 is 2.56 bits per heavy atom. The predicted octanol–water partition coefficient (Wildman–Crippen LogP) is 1.73. The number of hydrogen-bond acceptors (Lipinski definition) is 3. The van der Waals surface area contributed by atoms with Crippen molar-refractivity contribution < 1.29 is 14.6 Å². The molecule has 0 spiro atoms. The van der Waals surface area contributed by atoms with E-state index in [2.05, 4.69) is 4.98 Å². The highest BCUT2D eigenvalue weighted by molar-refractivity contribution is 5.65. The molecule has 16 heavy (non-hydrogen) atoms. The van der Waals surface area contributed by atoms with Crippen molar-refractivity contribution in [3.63, 3.8) is 0 Å². The number of rotatable bonds is 1. The van der Waals surface area contributed by atoms with Gasteiger partial charge in [0.15, 0.2) is 0 Å². The number of carboxylic acid groups (broad SMARTS) is 1. The highest BCUT2D eigenvalue weighted by atomic mass is 16.5. The summed E-state index contributed by atoms with van der Waals surface area (Å²) in [5.41, 5.74) is 0.681. The molecule has 1 N–H and O–H groups in total. The quantitative estimate of drug-likeness (QED) is 0.786. The maximum Gasteiger partial charge on any atom is 0.407 e. The topological polar surface area (TPSA) is 62.7 Å². The van der Waals surface area contributed by atoms with Crippen molar-refractivity contribution in [2.24, 2.45) is 0 Å². The molecular formula is C11H14N2O3. The molecule has 0 aromatic carbocycles. The molecule has 0 bridgehead atoms. The van der Waals surface area contributed by atoms with Crippen molar-refractivity contribution in [1.29, 1.82) is 0 Å². The Balaban J connectivity index is 2.30. The molecule has 5 heteroatoms. The van der Waals surface area contributed by atoms with E-state index >= 15 is 0 Å². The molecule has 0 fully saturated rings. The van der Waals surface area contributed by atoms with Crippen LogP contribution in [0.4, 0.5) is 4.79 Å². The largest absolute Gasteiger partial charge is 0.487 e. The van der Waals surface area contributed by atoms with Crippen LogP contribution < -0.4 is 4.74 Å². The second-order valence-electron chi connectivity index (χ2n) is 3.76. The molecule has 5 nitrogen and oxygen atoms in total. The molecule has 0 aliphatic carbocycles. The molecule has 1 amide bonds. The lowest BCUT2D eigenvalue weighted by Gasteiger charge is -2.19. The van der Waals surface area contributed by atoms with Gasteiger partial charge in [-0.25, -0.2) is 4.79 Å². The lowest BCUT2D eigenvalue weighted by atomic mass is 10.2. The molecule has 2 rings (SSSR count). The normalized spacial score (nSPS) is 19.6. The Labute approximate surface area is 93.7 Å². The smallest absolute Gasteiger partial charge is 0.407 e. The number of nitrogens with zero attached hydrogens (tertiary/aromatic N) is 2. The van der Waals surface area contributed by atoms with E-state index < -0.39 is 6.09 Å². The van der Waals surface area contributed by atoms with Crippen LogP contribution in [0, 0.1) is 0 Å². The fraction of sp³-hybridized carbons (Fsp3) is 0.455. The molecule has 86 valence electrons. The molecule has 1 aromatic heterocycles. The van der Waals surface area contributed by atoms with Gasteiger partial charge >= 0.3 is 6.09 Å². The highest BCUT2D eigenvalue weighted by Gasteiger charge is 2.25. The minimum Gasteiger partial charge on any atom is -0.487 e. The van der Waals surface area contributed by atoms with Crippen LogP contribution in [-0.4, -0.2) is 33.7 Å². The summed E-state index contributed by atoms with van der Waals surface area (Å²) in [5.74, 6) is 0.693. The number of fused-ring (bicyclic) bond motifs is 1. The summed E-state index contributed by atoms with van der Waals surface area (Å²) in [6, 6.07) is 3.62. The van der Waals surface area contributed by atoms with Crippen molar-refractivity contribution in [2.75, 3.05) is 6.54 Å². The maximum atomic E-state index is 11.0. The monoisotopic (exact) mass is 222 g/mol. The first-order chi connectivity index (χ1) is 7.70. The second kappa shape index (κ2) is 4.38. The first-order valence-corrected chi connectivity index (χ1v) is 5.29. The zero-order valence-electron chi connectivity index (χ0n) is 9.09. The third kappa shape index (κ3) is 2.08. The van der Waals surface area contributed by atoms with Crippen molar-refractivity contribution in [2.45, 2.75) is 26.0 Å². The van der Waals surface area contributed by atoms with Gasteiger partial charge in [-0.2, -0.15) is 0 Å². The van der Waals surface area contributed by atoms with E-state index in [4.69, 9.17) is 9.84 Å². The average molecular weight is 222 g/mol. The molecule has 1 aliphatic rings. The number of amides is 1. The number of aromatic nitrogens is 1. The van der Waals surface area contributed by atoms with Crippen molar-refractivity contribution in [1.82, 2.24) is 9.88 Å². The summed E-state index contributed by atoms with van der Waals surface area (Å²) < 4.78 is 5.72. The van der Waals surface area contributed by atoms with E-state index in [1.54, 1.807) is 12.3 Å². The van der Waals surface area contributed by atoms with Crippen LogP contribution in [0.25, 0.3) is 0 Å². The lowest BCUT2D eigenvalue weighted by Crippen LogP contribution is -2.36. The Morgan fingerprint density at radius 3 is 3.25 bits per heavy atom. The molecule has 1 unspecified atom stereocenters. The molecule has 0 saturated heterocycles. The van der Waals surface area contributed by atoms with Gasteiger partial charge in [0.05, 0.1) is 13.1 Å². The maximum absolute atomic E-state index is 11.0. The molecule has 0 radical (unpaired) electrons. The number of carbonyl (C=O) groups is 1. The van der Waals surface area contributed by atoms with Gasteiger partial charge < -0.3 is 9.84 Å². The van der Waals surface area contributed by atoms with Crippen LogP contribution in [0.1, 0.15) is 19.0 Å². The van der Waals surface area contributed by atoms with Crippen molar-refractivity contribution >= 4 is 6.09 Å². The van der Waals surface area contributed by atoms with Gasteiger partial charge in [-0.1, -0.05) is 6.92 Å². The molecule has 2 heterocycles. The Kier molecular flexibility index (Phi) is 2.94. The minimum absolute atomic E-state index is 0.0958. The van der Waals surface area contributed by atoms with Crippen molar-refractivity contribution in [3.05, 3.63) is 24.0 Å². The van der Waals surface area contributed by atoms with Crippen LogP contribution in [0.15, 0.2) is 18.3 Å². The van der Waals surface area contributed by atoms with Gasteiger partial charge in [0, 0.05) is 6.20 Å². The zero-order valence-corrected chi connectivity index (χ0v) is 9.09. The van der Waals surface area contributed by atoms with Gasteiger partial charge in [-0.15, -0.1) is 0 Å². The van der Waals surface area contributed by atoms with Crippen molar-refractivity contribution in [3.8, 4) is 5.75 Å². The first kappa shape index (κ1) is 10.7. The SMILES string of the molecule is CCC1CN(C(=O)O)Cc2ncccc2O1. The Hall–Kier alpha value is -1.78. The number of ether oxygens (including phenoxy) is 1. The van der Waals surface area contributed by atoms with Gasteiger partial charge in [0.1, 0.15) is 17.5 Å². The fourth-order valence-electron chi connectivity index (χ4n) is 1.72. The van der Waals surface area contributed by atoms with E-state index in [0.29, 0.717) is 24.5 Å². The molecule has 1 aromatic rings. The molecule has 1 aliphatic heterocycles. The third-order valence-corrected chi connectivity index (χ3v) is 2.63. The Bertz CT molecular complexity index is 395. The van der Waals surface area contributed by atoms with Crippen LogP contribution in [-0.2, 0) is 6.54 Å². The lowest BCUT2D eigenvalue weighted by molar-refractivity contribution is 0.114. The molecule has 1 atom stereocenters. The van der Waals surface area contributed by atoms with Crippen LogP contribution in [0.2, 0.25) is 0 Å². The number of pyridine rings is 1. The van der Waals surface area contributed by atoms with Crippen LogP contribution in [0.3, 0.4) is 0 Å². The van der Waals surface area contributed by atoms with E-state index in [0.717, 1.165) is 6.42 Å². The molecule has 0 saturated carbocycles. The zero-order chi connectivity index (χ0) is 11.5. The summed E-state index contributed by atoms with van der Waals surface area (Å²) >= 11 is 0. The van der Waals surface area contributed by atoms with E-state index in [1.807, 2.05) is 13.0 Å². The Morgan fingerprint density at radius 1 is 1.75 bits per heavy atom. The summed E-state index contributed by atoms with van der Waals surface area (Å²) in [4.78, 5) is 16.5. The summed E-state index contributed by atoms with van der Waals surface area (Å²) in [5, 5.41) is 9.04. The van der Waals surface area contributed by atoms with E-state index in [9.17, 15) is 4.79 Å². The third-order valence-electron chi connectivity index (χ3n) is 2.63. The first-order valence-electron chi connectivity index (χ1n) is 5.29. The van der Waals surface area contributed by atoms with Crippen LogP contribution >= 0.6 is 0 Å².